The molecule has 0 aliphatic rings. The number of aromatic nitrogens is 2. The van der Waals surface area contributed by atoms with Gasteiger partial charge in [0.1, 0.15) is 6.04 Å². The summed E-state index contributed by atoms with van der Waals surface area (Å²) in [7, 11) is 5.32. The van der Waals surface area contributed by atoms with E-state index < -0.39 is 29.1 Å². The number of nitrogens with zero attached hydrogens (tertiary/aromatic N) is 3. The second kappa shape index (κ2) is 13.1. The van der Waals surface area contributed by atoms with Gasteiger partial charge >= 0.3 is 5.69 Å². The molecule has 0 aliphatic carbocycles. The molecule has 4 aromatic rings. The molecule has 0 spiro atoms. The number of halogens is 2. The van der Waals surface area contributed by atoms with E-state index in [9.17, 15) is 24.0 Å². The normalized spacial score (nSPS) is 11.6. The number of amides is 3. The van der Waals surface area contributed by atoms with E-state index in [2.05, 4.69) is 16.0 Å². The fraction of sp³-hybridized carbons (Fsp3) is 0.233. The second-order valence-corrected chi connectivity index (χ2v) is 10.8. The number of hydrogen-bond donors (Lipinski definition) is 3. The van der Waals surface area contributed by atoms with Gasteiger partial charge in [0.05, 0.1) is 38.9 Å². The fourth-order valence-electron chi connectivity index (χ4n) is 4.50. The number of carbonyl (C=O) groups is 3. The van der Waals surface area contributed by atoms with Crippen LogP contribution in [-0.4, -0.2) is 53.7 Å². The molecule has 11 nitrogen and oxygen atoms in total. The standard InChI is InChI=1S/C30H30Cl2N6O5/c1-17(39)33-16-34-27(40)24(35-28(41)26-22(31)6-5-7-23(26)32)14-18-8-10-19(11-9-18)38-29(42)21-15-20(36(2)3)12-13-25(21)37(4)30(38)43/h5-13,15,24H,14,16H2,1-4H3,(H,33,39)(H,34,40)(H,35,41)/t24-/m0/s1. The van der Waals surface area contributed by atoms with Crippen molar-refractivity contribution in [3.8, 4) is 5.69 Å². The van der Waals surface area contributed by atoms with Crippen molar-refractivity contribution in [1.82, 2.24) is 25.1 Å². The first-order valence-electron chi connectivity index (χ1n) is 13.2. The van der Waals surface area contributed by atoms with Gasteiger partial charge in [0.25, 0.3) is 11.5 Å². The lowest BCUT2D eigenvalue weighted by Crippen LogP contribution is -2.50. The lowest BCUT2D eigenvalue weighted by Gasteiger charge is -2.20. The van der Waals surface area contributed by atoms with Gasteiger partial charge in [-0.25, -0.2) is 9.36 Å². The summed E-state index contributed by atoms with van der Waals surface area (Å²) in [5.41, 5.74) is 1.32. The van der Waals surface area contributed by atoms with Crippen LogP contribution >= 0.6 is 23.2 Å². The van der Waals surface area contributed by atoms with Crippen molar-refractivity contribution in [3.05, 3.63) is 103 Å². The largest absolute Gasteiger partial charge is 0.378 e. The zero-order valence-corrected chi connectivity index (χ0v) is 25.4. The van der Waals surface area contributed by atoms with Crippen LogP contribution < -0.4 is 32.1 Å². The molecule has 0 unspecified atom stereocenters. The first-order valence-corrected chi connectivity index (χ1v) is 13.9. The van der Waals surface area contributed by atoms with E-state index in [0.717, 1.165) is 10.3 Å². The minimum absolute atomic E-state index is 0.0183. The van der Waals surface area contributed by atoms with Crippen LogP contribution in [0.4, 0.5) is 5.69 Å². The van der Waals surface area contributed by atoms with Gasteiger partial charge in [-0.3, -0.25) is 23.7 Å². The zero-order valence-electron chi connectivity index (χ0n) is 23.9. The Morgan fingerprint density at radius 3 is 2.19 bits per heavy atom. The van der Waals surface area contributed by atoms with Gasteiger partial charge in [-0.15, -0.1) is 0 Å². The number of fused-ring (bicyclic) bond motifs is 1. The smallest absolute Gasteiger partial charge is 0.335 e. The molecule has 224 valence electrons. The molecule has 0 fully saturated rings. The third kappa shape index (κ3) is 6.90. The molecule has 1 atom stereocenters. The number of anilines is 1. The van der Waals surface area contributed by atoms with Crippen molar-refractivity contribution in [2.45, 2.75) is 19.4 Å². The van der Waals surface area contributed by atoms with E-state index in [4.69, 9.17) is 23.2 Å². The van der Waals surface area contributed by atoms with E-state index >= 15 is 0 Å². The molecule has 13 heteroatoms. The van der Waals surface area contributed by atoms with Gasteiger partial charge in [-0.2, -0.15) is 0 Å². The Balaban J connectivity index is 1.65. The summed E-state index contributed by atoms with van der Waals surface area (Å²) in [6, 6.07) is 15.3. The Bertz CT molecular complexity index is 1810. The van der Waals surface area contributed by atoms with Crippen LogP contribution in [0.25, 0.3) is 16.6 Å². The highest BCUT2D eigenvalue weighted by Crippen LogP contribution is 2.24. The number of hydrogen-bond acceptors (Lipinski definition) is 6. The topological polar surface area (TPSA) is 135 Å². The number of benzene rings is 3. The molecule has 3 amide bonds. The molecule has 0 saturated heterocycles. The minimum Gasteiger partial charge on any atom is -0.378 e. The SMILES string of the molecule is CC(=O)NCNC(=O)[C@H](Cc1ccc(-n2c(=O)c3cc(N(C)C)ccc3n(C)c2=O)cc1)NC(=O)c1c(Cl)cccc1Cl. The molecule has 4 rings (SSSR count). The molecule has 43 heavy (non-hydrogen) atoms. The molecular formula is C30H30Cl2N6O5. The average molecular weight is 626 g/mol. The monoisotopic (exact) mass is 624 g/mol. The van der Waals surface area contributed by atoms with Crippen LogP contribution in [-0.2, 0) is 23.1 Å². The van der Waals surface area contributed by atoms with Crippen molar-refractivity contribution < 1.29 is 14.4 Å². The summed E-state index contributed by atoms with van der Waals surface area (Å²) in [5.74, 6) is -1.56. The van der Waals surface area contributed by atoms with Crippen LogP contribution in [0.3, 0.4) is 0 Å². The Kier molecular flexibility index (Phi) is 9.57. The first-order chi connectivity index (χ1) is 20.4. The number of rotatable bonds is 9. The maximum atomic E-state index is 13.5. The van der Waals surface area contributed by atoms with Crippen LogP contribution in [0, 0.1) is 0 Å². The molecule has 0 radical (unpaired) electrons. The highest BCUT2D eigenvalue weighted by Gasteiger charge is 2.24. The summed E-state index contributed by atoms with van der Waals surface area (Å²) < 4.78 is 2.50. The van der Waals surface area contributed by atoms with Crippen molar-refractivity contribution in [3.63, 3.8) is 0 Å². The summed E-state index contributed by atoms with van der Waals surface area (Å²) >= 11 is 12.4. The fourth-order valence-corrected chi connectivity index (χ4v) is 5.07. The molecular weight excluding hydrogens is 595 g/mol. The maximum absolute atomic E-state index is 13.5. The van der Waals surface area contributed by atoms with Gasteiger partial charge in [0.2, 0.25) is 11.8 Å². The molecule has 0 saturated carbocycles. The van der Waals surface area contributed by atoms with E-state index in [0.29, 0.717) is 22.2 Å². The van der Waals surface area contributed by atoms with E-state index in [-0.39, 0.29) is 34.6 Å². The Labute approximate surface area is 257 Å². The van der Waals surface area contributed by atoms with Gasteiger partial charge in [-0.05, 0) is 48.0 Å². The minimum atomic E-state index is -1.08. The number of nitrogens with one attached hydrogen (secondary N) is 3. The highest BCUT2D eigenvalue weighted by atomic mass is 35.5. The third-order valence-corrected chi connectivity index (χ3v) is 7.45. The summed E-state index contributed by atoms with van der Waals surface area (Å²) in [4.78, 5) is 65.9. The van der Waals surface area contributed by atoms with Crippen LogP contribution in [0.15, 0.2) is 70.3 Å². The molecule has 1 aromatic heterocycles. The maximum Gasteiger partial charge on any atom is 0.335 e. The Morgan fingerprint density at radius 1 is 0.930 bits per heavy atom. The average Bonchev–Trinajstić information content (AvgIpc) is 2.96. The quantitative estimate of drug-likeness (QED) is 0.245. The Hall–Kier alpha value is -4.61. The van der Waals surface area contributed by atoms with Crippen molar-refractivity contribution in [1.29, 1.82) is 0 Å². The zero-order chi connectivity index (χ0) is 31.4. The van der Waals surface area contributed by atoms with Gasteiger partial charge < -0.3 is 20.9 Å². The van der Waals surface area contributed by atoms with Crippen LogP contribution in [0.1, 0.15) is 22.8 Å². The lowest BCUT2D eigenvalue weighted by molar-refractivity contribution is -0.123. The van der Waals surface area contributed by atoms with E-state index in [1.165, 1.54) is 23.6 Å². The van der Waals surface area contributed by atoms with Crippen molar-refractivity contribution >= 4 is 57.5 Å². The molecule has 0 aliphatic heterocycles. The number of carbonyl (C=O) groups excluding carboxylic acids is 3. The third-order valence-electron chi connectivity index (χ3n) is 6.82. The van der Waals surface area contributed by atoms with Crippen LogP contribution in [0.5, 0.6) is 0 Å². The predicted octanol–water partition coefficient (Wildman–Crippen LogP) is 2.61. The predicted molar refractivity (Wildman–Crippen MR) is 167 cm³/mol. The second-order valence-electron chi connectivity index (χ2n) is 10.0. The van der Waals surface area contributed by atoms with Crippen LogP contribution in [0.2, 0.25) is 10.0 Å². The summed E-state index contributed by atoms with van der Waals surface area (Å²) in [6.45, 7) is 1.16. The Morgan fingerprint density at radius 2 is 1.58 bits per heavy atom. The van der Waals surface area contributed by atoms with Crippen molar-refractivity contribution in [2.24, 2.45) is 7.05 Å². The first kappa shape index (κ1) is 31.3. The van der Waals surface area contributed by atoms with E-state index in [1.807, 2.05) is 25.1 Å². The summed E-state index contributed by atoms with van der Waals surface area (Å²) in [6.07, 6.45) is 0.0385. The molecule has 0 bridgehead atoms. The van der Waals surface area contributed by atoms with Gasteiger partial charge in [0.15, 0.2) is 0 Å². The lowest BCUT2D eigenvalue weighted by atomic mass is 10.0. The van der Waals surface area contributed by atoms with Gasteiger partial charge in [-0.1, -0.05) is 41.4 Å². The molecule has 1 heterocycles. The summed E-state index contributed by atoms with van der Waals surface area (Å²) in [5, 5.41) is 8.31. The van der Waals surface area contributed by atoms with E-state index in [1.54, 1.807) is 49.5 Å². The molecule has 3 N–H and O–H groups in total. The van der Waals surface area contributed by atoms with Crippen molar-refractivity contribution in [2.75, 3.05) is 25.7 Å². The highest BCUT2D eigenvalue weighted by molar-refractivity contribution is 6.39. The van der Waals surface area contributed by atoms with Gasteiger partial charge in [0, 0.05) is 40.2 Å². The molecule has 3 aromatic carbocycles. The number of aryl methyl sites for hydroxylation is 1.